The highest BCUT2D eigenvalue weighted by molar-refractivity contribution is 5.89. The highest BCUT2D eigenvalue weighted by Gasteiger charge is 2.22. The van der Waals surface area contributed by atoms with Gasteiger partial charge in [0.2, 0.25) is 0 Å². The Morgan fingerprint density at radius 1 is 1.03 bits per heavy atom. The maximum absolute atomic E-state index is 13.0. The van der Waals surface area contributed by atoms with Crippen molar-refractivity contribution in [3.63, 3.8) is 0 Å². The number of imidazole rings is 1. The third-order valence-corrected chi connectivity index (χ3v) is 5.39. The highest BCUT2D eigenvalue weighted by atomic mass is 19.1. The van der Waals surface area contributed by atoms with Crippen LogP contribution in [0.4, 0.5) is 14.9 Å². The number of urea groups is 1. The summed E-state index contributed by atoms with van der Waals surface area (Å²) in [6, 6.07) is 16.0. The molecule has 4 rings (SSSR count). The van der Waals surface area contributed by atoms with E-state index in [0.29, 0.717) is 5.69 Å². The van der Waals surface area contributed by atoms with Gasteiger partial charge in [0.15, 0.2) is 0 Å². The number of hydrogen-bond acceptors (Lipinski definition) is 3. The Labute approximate surface area is 175 Å². The van der Waals surface area contributed by atoms with E-state index in [1.165, 1.54) is 17.7 Å². The number of carbonyl (C=O) groups excluding carboxylic acids is 1. The summed E-state index contributed by atoms with van der Waals surface area (Å²) < 4.78 is 15.2. The predicted octanol–water partition coefficient (Wildman–Crippen LogP) is 3.86. The van der Waals surface area contributed by atoms with Crippen LogP contribution in [0.3, 0.4) is 0 Å². The second kappa shape index (κ2) is 9.54. The van der Waals surface area contributed by atoms with Crippen LogP contribution < -0.4 is 10.6 Å². The molecule has 7 heteroatoms. The molecule has 0 spiro atoms. The summed E-state index contributed by atoms with van der Waals surface area (Å²) in [4.78, 5) is 19.1. The van der Waals surface area contributed by atoms with Gasteiger partial charge < -0.3 is 15.2 Å². The topological polar surface area (TPSA) is 62.2 Å². The monoisotopic (exact) mass is 407 g/mol. The van der Waals surface area contributed by atoms with E-state index in [4.69, 9.17) is 0 Å². The van der Waals surface area contributed by atoms with Crippen molar-refractivity contribution >= 4 is 11.7 Å². The number of carbonyl (C=O) groups is 1. The molecule has 1 fully saturated rings. The van der Waals surface area contributed by atoms with Crippen molar-refractivity contribution in [1.82, 2.24) is 19.8 Å². The number of aromatic nitrogens is 2. The second-order valence-electron chi connectivity index (χ2n) is 7.61. The van der Waals surface area contributed by atoms with Gasteiger partial charge in [-0.05, 0) is 42.7 Å². The zero-order valence-corrected chi connectivity index (χ0v) is 16.8. The Bertz CT molecular complexity index is 949. The van der Waals surface area contributed by atoms with Crippen LogP contribution in [0.25, 0.3) is 0 Å². The van der Waals surface area contributed by atoms with Crippen LogP contribution in [0.15, 0.2) is 67.0 Å². The third-order valence-electron chi connectivity index (χ3n) is 5.39. The minimum Gasteiger partial charge on any atom is -0.335 e. The fourth-order valence-corrected chi connectivity index (χ4v) is 3.74. The van der Waals surface area contributed by atoms with Crippen molar-refractivity contribution in [3.8, 4) is 0 Å². The van der Waals surface area contributed by atoms with E-state index in [0.717, 1.165) is 44.8 Å². The van der Waals surface area contributed by atoms with Gasteiger partial charge in [-0.25, -0.2) is 14.2 Å². The van der Waals surface area contributed by atoms with Crippen LogP contribution in [0.1, 0.15) is 24.2 Å². The van der Waals surface area contributed by atoms with Gasteiger partial charge >= 0.3 is 6.03 Å². The number of halogens is 1. The van der Waals surface area contributed by atoms with Gasteiger partial charge in [-0.2, -0.15) is 0 Å². The molecule has 2 aromatic carbocycles. The third kappa shape index (κ3) is 5.45. The predicted molar refractivity (Wildman–Crippen MR) is 115 cm³/mol. The van der Waals surface area contributed by atoms with Gasteiger partial charge in [0, 0.05) is 43.8 Å². The molecule has 0 saturated carbocycles. The summed E-state index contributed by atoms with van der Waals surface area (Å²) >= 11 is 0. The summed E-state index contributed by atoms with van der Waals surface area (Å²) in [5, 5.41) is 5.77. The van der Waals surface area contributed by atoms with Gasteiger partial charge in [-0.15, -0.1) is 0 Å². The Morgan fingerprint density at radius 2 is 1.77 bits per heavy atom. The normalized spacial score (nSPS) is 15.1. The molecular formula is C23H26FN5O. The van der Waals surface area contributed by atoms with Crippen molar-refractivity contribution in [3.05, 3.63) is 84.2 Å². The Balaban J connectivity index is 1.24. The molecule has 2 heterocycles. The van der Waals surface area contributed by atoms with E-state index < -0.39 is 0 Å². The van der Waals surface area contributed by atoms with Crippen LogP contribution in [-0.2, 0) is 13.1 Å². The number of benzene rings is 2. The van der Waals surface area contributed by atoms with E-state index in [-0.39, 0.29) is 17.9 Å². The molecule has 0 radical (unpaired) electrons. The molecule has 0 atom stereocenters. The Hall–Kier alpha value is -3.19. The molecule has 0 bridgehead atoms. The quantitative estimate of drug-likeness (QED) is 0.652. The lowest BCUT2D eigenvalue weighted by Gasteiger charge is -2.32. The summed E-state index contributed by atoms with van der Waals surface area (Å²) in [6.07, 6.45) is 5.65. The molecule has 1 saturated heterocycles. The molecule has 156 valence electrons. The smallest absolute Gasteiger partial charge is 0.319 e. The number of anilines is 1. The second-order valence-corrected chi connectivity index (χ2v) is 7.61. The molecule has 0 aliphatic carbocycles. The molecule has 6 nitrogen and oxygen atoms in total. The fourth-order valence-electron chi connectivity index (χ4n) is 3.74. The number of amides is 2. The van der Waals surface area contributed by atoms with Crippen molar-refractivity contribution in [2.24, 2.45) is 0 Å². The summed E-state index contributed by atoms with van der Waals surface area (Å²) in [5.74, 6) is 0.733. The number of rotatable bonds is 6. The molecule has 1 aromatic heterocycles. The number of nitrogens with one attached hydrogen (secondary N) is 2. The average Bonchev–Trinajstić information content (AvgIpc) is 3.18. The lowest BCUT2D eigenvalue weighted by atomic mass is 10.1. The molecule has 1 aliphatic rings. The number of nitrogens with zero attached hydrogens (tertiary/aromatic N) is 3. The maximum Gasteiger partial charge on any atom is 0.319 e. The number of likely N-dealkylation sites (tertiary alicyclic amines) is 1. The van der Waals surface area contributed by atoms with Crippen molar-refractivity contribution in [2.75, 3.05) is 18.4 Å². The molecule has 3 aromatic rings. The molecule has 1 aliphatic heterocycles. The van der Waals surface area contributed by atoms with Crippen molar-refractivity contribution in [1.29, 1.82) is 0 Å². The lowest BCUT2D eigenvalue weighted by molar-refractivity contribution is 0.185. The van der Waals surface area contributed by atoms with Gasteiger partial charge in [0.25, 0.3) is 0 Å². The van der Waals surface area contributed by atoms with E-state index in [1.807, 2.05) is 18.5 Å². The molecule has 2 amide bonds. The van der Waals surface area contributed by atoms with Crippen LogP contribution in [0, 0.1) is 5.82 Å². The first kappa shape index (κ1) is 20.1. The van der Waals surface area contributed by atoms with E-state index in [2.05, 4.69) is 49.4 Å². The molecular weight excluding hydrogens is 381 g/mol. The van der Waals surface area contributed by atoms with Gasteiger partial charge in [-0.1, -0.05) is 30.3 Å². The van der Waals surface area contributed by atoms with Crippen LogP contribution in [-0.4, -0.2) is 39.6 Å². The first-order chi connectivity index (χ1) is 14.7. The van der Waals surface area contributed by atoms with Crippen LogP contribution in [0.2, 0.25) is 0 Å². The minimum atomic E-state index is -0.322. The first-order valence-corrected chi connectivity index (χ1v) is 10.2. The van der Waals surface area contributed by atoms with Gasteiger partial charge in [0.1, 0.15) is 11.6 Å². The number of hydrogen-bond donors (Lipinski definition) is 2. The average molecular weight is 407 g/mol. The molecule has 30 heavy (non-hydrogen) atoms. The van der Waals surface area contributed by atoms with Crippen LogP contribution >= 0.6 is 0 Å². The van der Waals surface area contributed by atoms with Crippen molar-refractivity contribution in [2.45, 2.75) is 32.0 Å². The summed E-state index contributed by atoms with van der Waals surface area (Å²) in [7, 11) is 0. The SMILES string of the molecule is O=C(Nc1ccc(F)cc1)NC1CCN(Cc2nccn2Cc2ccccc2)CC1. The zero-order chi connectivity index (χ0) is 20.8. The minimum absolute atomic E-state index is 0.130. The molecule has 0 unspecified atom stereocenters. The highest BCUT2D eigenvalue weighted by Crippen LogP contribution is 2.15. The molecule has 2 N–H and O–H groups in total. The van der Waals surface area contributed by atoms with Gasteiger partial charge in [-0.3, -0.25) is 4.90 Å². The van der Waals surface area contributed by atoms with E-state index in [1.54, 1.807) is 12.1 Å². The fraction of sp³-hybridized carbons (Fsp3) is 0.304. The Kier molecular flexibility index (Phi) is 6.39. The van der Waals surface area contributed by atoms with Gasteiger partial charge in [0.05, 0.1) is 6.54 Å². The summed E-state index contributed by atoms with van der Waals surface area (Å²) in [6.45, 7) is 3.42. The summed E-state index contributed by atoms with van der Waals surface area (Å²) in [5.41, 5.74) is 1.84. The Morgan fingerprint density at radius 3 is 2.50 bits per heavy atom. The standard InChI is InChI=1S/C23H26FN5O/c24-19-6-8-20(9-7-19)26-23(30)27-21-10-13-28(14-11-21)17-22-25-12-15-29(22)16-18-4-2-1-3-5-18/h1-9,12,15,21H,10-11,13-14,16-17H2,(H2,26,27,30). The number of piperidine rings is 1. The lowest BCUT2D eigenvalue weighted by Crippen LogP contribution is -2.45. The van der Waals surface area contributed by atoms with E-state index in [9.17, 15) is 9.18 Å². The van der Waals surface area contributed by atoms with Crippen LogP contribution in [0.5, 0.6) is 0 Å². The first-order valence-electron chi connectivity index (χ1n) is 10.2. The van der Waals surface area contributed by atoms with Crippen molar-refractivity contribution < 1.29 is 9.18 Å². The van der Waals surface area contributed by atoms with E-state index >= 15 is 0 Å². The largest absolute Gasteiger partial charge is 0.335 e. The maximum atomic E-state index is 13.0. The zero-order valence-electron chi connectivity index (χ0n) is 16.8.